The van der Waals surface area contributed by atoms with Crippen molar-refractivity contribution >= 4 is 89.6 Å². The molecule has 14 heteroatoms. The van der Waals surface area contributed by atoms with Crippen LogP contribution in [0, 0.1) is 13.8 Å². The number of thioether (sulfide) groups is 2. The summed E-state index contributed by atoms with van der Waals surface area (Å²) in [6, 6.07) is 16.4. The van der Waals surface area contributed by atoms with E-state index in [1.54, 1.807) is 23.5 Å². The van der Waals surface area contributed by atoms with Crippen molar-refractivity contribution in [1.29, 1.82) is 0 Å². The second-order valence-corrected chi connectivity index (χ2v) is 12.5. The highest BCUT2D eigenvalue weighted by Gasteiger charge is 2.12. The summed E-state index contributed by atoms with van der Waals surface area (Å²) in [7, 11) is 4.07. The molecule has 0 bridgehead atoms. The van der Waals surface area contributed by atoms with Gasteiger partial charge in [-0.25, -0.2) is 0 Å². The van der Waals surface area contributed by atoms with E-state index in [-0.39, 0.29) is 0 Å². The second kappa shape index (κ2) is 12.4. The van der Waals surface area contributed by atoms with E-state index in [0.29, 0.717) is 10.3 Å². The fourth-order valence-electron chi connectivity index (χ4n) is 4.09. The number of fused-ring (bicyclic) bond motifs is 2. The van der Waals surface area contributed by atoms with Crippen molar-refractivity contribution in [2.24, 2.45) is 34.6 Å². The Hall–Kier alpha value is -3.46. The van der Waals surface area contributed by atoms with Crippen molar-refractivity contribution in [1.82, 2.24) is 29.5 Å². The van der Waals surface area contributed by atoms with E-state index in [2.05, 4.69) is 74.3 Å². The van der Waals surface area contributed by atoms with Gasteiger partial charge in [0.2, 0.25) is 0 Å². The third kappa shape index (κ3) is 5.70. The van der Waals surface area contributed by atoms with Gasteiger partial charge in [-0.3, -0.25) is 0 Å². The Morgan fingerprint density at radius 2 is 1.00 bits per heavy atom. The zero-order valence-electron chi connectivity index (χ0n) is 22.7. The lowest BCUT2D eigenvalue weighted by molar-refractivity contribution is 0.914. The highest BCUT2D eigenvalue weighted by molar-refractivity contribution is 8.00. The van der Waals surface area contributed by atoms with Gasteiger partial charge in [0.05, 0.1) is 11.0 Å². The minimum Gasteiger partial charge on any atom is -0.346 e. The van der Waals surface area contributed by atoms with Crippen molar-refractivity contribution < 1.29 is 0 Å². The summed E-state index contributed by atoms with van der Waals surface area (Å²) in [6.07, 6.45) is 3.94. The van der Waals surface area contributed by atoms with Gasteiger partial charge < -0.3 is 9.13 Å². The molecule has 0 aliphatic carbocycles. The number of hydrogen-bond acceptors (Lipinski definition) is 12. The number of rotatable bonds is 6. The Bertz CT molecular complexity index is 1710. The Morgan fingerprint density at radius 1 is 0.600 bits per heavy atom. The van der Waals surface area contributed by atoms with Gasteiger partial charge in [0.15, 0.2) is 8.68 Å². The topological polar surface area (TPSA) is 111 Å². The lowest BCUT2D eigenvalue weighted by atomic mass is 10.2. The molecule has 0 unspecified atom stereocenters. The molecule has 4 aromatic heterocycles. The normalized spacial score (nSPS) is 11.8. The Kier molecular flexibility index (Phi) is 8.69. The lowest BCUT2D eigenvalue weighted by Crippen LogP contribution is -1.88. The largest absolute Gasteiger partial charge is 0.346 e. The standard InChI is InChI=1S/2C13H13N5S2/c2*1-8-11(9-6-4-5-7-10(9)18(8)2)14-15-12-16-17-13(19-3)20-12/h2*4-7H,1-3H3. The average molecular weight is 607 g/mol. The number of azo groups is 2. The molecule has 204 valence electrons. The molecule has 0 aliphatic rings. The predicted octanol–water partition coefficient (Wildman–Crippen LogP) is 8.95. The van der Waals surface area contributed by atoms with Crippen LogP contribution in [-0.2, 0) is 14.1 Å². The van der Waals surface area contributed by atoms with Crippen LogP contribution in [-0.4, -0.2) is 42.0 Å². The maximum Gasteiger partial charge on any atom is 0.252 e. The molecule has 40 heavy (non-hydrogen) atoms. The van der Waals surface area contributed by atoms with Crippen LogP contribution in [0.15, 0.2) is 77.7 Å². The number of para-hydroxylation sites is 2. The molecule has 0 saturated heterocycles. The van der Waals surface area contributed by atoms with Crippen molar-refractivity contribution in [3.05, 3.63) is 59.9 Å². The summed E-state index contributed by atoms with van der Waals surface area (Å²) in [5.74, 6) is 0. The van der Waals surface area contributed by atoms with Gasteiger partial charge in [0, 0.05) is 36.3 Å². The monoisotopic (exact) mass is 606 g/mol. The summed E-state index contributed by atoms with van der Waals surface area (Å²) >= 11 is 6.01. The van der Waals surface area contributed by atoms with Gasteiger partial charge in [0.25, 0.3) is 10.3 Å². The molecule has 2 aromatic carbocycles. The Labute approximate surface area is 247 Å². The second-order valence-electron chi connectivity index (χ2n) is 8.53. The van der Waals surface area contributed by atoms with Crippen molar-refractivity contribution in [3.8, 4) is 0 Å². The number of aromatic nitrogens is 6. The zero-order valence-corrected chi connectivity index (χ0v) is 26.0. The van der Waals surface area contributed by atoms with Crippen molar-refractivity contribution in [2.45, 2.75) is 22.5 Å². The molecular weight excluding hydrogens is 581 g/mol. The van der Waals surface area contributed by atoms with Crippen LogP contribution >= 0.6 is 46.2 Å². The highest BCUT2D eigenvalue weighted by atomic mass is 32.2. The molecule has 0 atom stereocenters. The van der Waals surface area contributed by atoms with E-state index < -0.39 is 0 Å². The third-order valence-corrected chi connectivity index (χ3v) is 9.91. The SMILES string of the molecule is CSc1nnc(N=Nc2c(C)n(C)c3ccccc23)s1.CSc1nnc(N=Nc2c(C)n(C)c3ccccc23)s1. The first-order chi connectivity index (χ1) is 19.4. The Balaban J connectivity index is 0.000000161. The lowest BCUT2D eigenvalue weighted by Gasteiger charge is -1.96. The highest BCUT2D eigenvalue weighted by Crippen LogP contribution is 2.35. The number of aryl methyl sites for hydroxylation is 2. The predicted molar refractivity (Wildman–Crippen MR) is 167 cm³/mol. The molecule has 0 N–H and O–H groups in total. The van der Waals surface area contributed by atoms with Crippen LogP contribution in [0.5, 0.6) is 0 Å². The fraction of sp³-hybridized carbons (Fsp3) is 0.231. The molecule has 0 amide bonds. The van der Waals surface area contributed by atoms with E-state index in [9.17, 15) is 0 Å². The van der Waals surface area contributed by atoms with Crippen molar-refractivity contribution in [3.63, 3.8) is 0 Å². The molecule has 6 rings (SSSR count). The van der Waals surface area contributed by atoms with Crippen LogP contribution in [0.25, 0.3) is 21.8 Å². The van der Waals surface area contributed by atoms with Crippen LogP contribution in [0.4, 0.5) is 21.6 Å². The maximum atomic E-state index is 4.38. The van der Waals surface area contributed by atoms with Crippen LogP contribution < -0.4 is 0 Å². The van der Waals surface area contributed by atoms with Crippen LogP contribution in [0.3, 0.4) is 0 Å². The molecular formula is C26H26N10S4. The van der Waals surface area contributed by atoms with Gasteiger partial charge >= 0.3 is 0 Å². The quantitative estimate of drug-likeness (QED) is 0.138. The Morgan fingerprint density at radius 3 is 1.38 bits per heavy atom. The first-order valence-electron chi connectivity index (χ1n) is 12.1. The molecule has 0 spiro atoms. The smallest absolute Gasteiger partial charge is 0.252 e. The minimum atomic E-state index is 0.585. The van der Waals surface area contributed by atoms with Gasteiger partial charge in [-0.2, -0.15) is 0 Å². The molecule has 0 aliphatic heterocycles. The summed E-state index contributed by atoms with van der Waals surface area (Å²) in [5, 5.41) is 36.6. The first-order valence-corrected chi connectivity index (χ1v) is 16.2. The van der Waals surface area contributed by atoms with E-state index in [1.807, 2.05) is 64.7 Å². The average Bonchev–Trinajstić information content (AvgIpc) is 3.75. The number of benzene rings is 2. The van der Waals surface area contributed by atoms with Gasteiger partial charge in [0.1, 0.15) is 11.4 Å². The third-order valence-electron chi connectivity index (χ3n) is 6.34. The number of nitrogens with zero attached hydrogens (tertiary/aromatic N) is 10. The van der Waals surface area contributed by atoms with Gasteiger partial charge in [-0.15, -0.1) is 40.9 Å². The zero-order chi connectivity index (χ0) is 28.2. The minimum absolute atomic E-state index is 0.585. The van der Waals surface area contributed by atoms with Crippen LogP contribution in [0.2, 0.25) is 0 Å². The fourth-order valence-corrected chi connectivity index (χ4v) is 6.25. The molecule has 0 saturated carbocycles. The molecule has 0 radical (unpaired) electrons. The maximum absolute atomic E-state index is 4.38. The van der Waals surface area contributed by atoms with Crippen LogP contribution in [0.1, 0.15) is 11.4 Å². The molecule has 10 nitrogen and oxygen atoms in total. The molecule has 6 aromatic rings. The van der Waals surface area contributed by atoms with E-state index in [1.165, 1.54) is 22.7 Å². The first kappa shape index (κ1) is 28.1. The summed E-state index contributed by atoms with van der Waals surface area (Å²) in [4.78, 5) is 0. The summed E-state index contributed by atoms with van der Waals surface area (Å²) < 4.78 is 6.04. The molecule has 4 heterocycles. The van der Waals surface area contributed by atoms with E-state index >= 15 is 0 Å². The van der Waals surface area contributed by atoms with E-state index in [4.69, 9.17) is 0 Å². The molecule has 0 fully saturated rings. The van der Waals surface area contributed by atoms with Crippen molar-refractivity contribution in [2.75, 3.05) is 12.5 Å². The van der Waals surface area contributed by atoms with E-state index in [0.717, 1.165) is 53.2 Å². The summed E-state index contributed by atoms with van der Waals surface area (Å²) in [5.41, 5.74) is 6.27. The van der Waals surface area contributed by atoms with Gasteiger partial charge in [-0.05, 0) is 38.5 Å². The number of hydrogen-bond donors (Lipinski definition) is 0. The summed E-state index contributed by atoms with van der Waals surface area (Å²) in [6.45, 7) is 4.09. The van der Waals surface area contributed by atoms with Gasteiger partial charge in [-0.1, -0.05) is 82.6 Å².